The van der Waals surface area contributed by atoms with E-state index in [0.717, 1.165) is 35.1 Å². The molecule has 0 unspecified atom stereocenters. The van der Waals surface area contributed by atoms with E-state index in [-0.39, 0.29) is 0 Å². The van der Waals surface area contributed by atoms with Crippen LogP contribution >= 0.6 is 11.6 Å². The summed E-state index contributed by atoms with van der Waals surface area (Å²) in [4.78, 5) is 0. The van der Waals surface area contributed by atoms with Gasteiger partial charge in [0.2, 0.25) is 0 Å². The van der Waals surface area contributed by atoms with Crippen molar-refractivity contribution in [2.45, 2.75) is 19.9 Å². The molecule has 0 radical (unpaired) electrons. The minimum atomic E-state index is 0.687. The predicted octanol–water partition coefficient (Wildman–Crippen LogP) is 4.74. The van der Waals surface area contributed by atoms with Crippen LogP contribution in [-0.4, -0.2) is 6.61 Å². The fourth-order valence-corrected chi connectivity index (χ4v) is 1.99. The quantitative estimate of drug-likeness (QED) is 0.822. The summed E-state index contributed by atoms with van der Waals surface area (Å²) in [5.74, 6) is 0.886. The summed E-state index contributed by atoms with van der Waals surface area (Å²) in [5, 5.41) is 4.15. The normalized spacial score (nSPS) is 10.2. The second-order valence-corrected chi connectivity index (χ2v) is 4.70. The van der Waals surface area contributed by atoms with E-state index in [4.69, 9.17) is 16.3 Å². The molecule has 2 aromatic carbocycles. The molecule has 0 spiro atoms. The minimum Gasteiger partial charge on any atom is -0.491 e. The lowest BCUT2D eigenvalue weighted by Crippen LogP contribution is -2.03. The molecule has 0 saturated carbocycles. The number of anilines is 1. The lowest BCUT2D eigenvalue weighted by atomic mass is 10.2. The maximum atomic E-state index is 6.14. The van der Waals surface area contributed by atoms with Crippen molar-refractivity contribution in [1.82, 2.24) is 0 Å². The van der Waals surface area contributed by atoms with E-state index in [9.17, 15) is 0 Å². The average Bonchev–Trinajstić information content (AvgIpc) is 2.45. The van der Waals surface area contributed by atoms with Crippen LogP contribution in [0.5, 0.6) is 5.75 Å². The lowest BCUT2D eigenvalue weighted by Gasteiger charge is -2.13. The molecule has 1 N–H and O–H groups in total. The van der Waals surface area contributed by atoms with Crippen molar-refractivity contribution in [2.24, 2.45) is 0 Å². The third kappa shape index (κ3) is 3.90. The van der Waals surface area contributed by atoms with Gasteiger partial charge in [0.25, 0.3) is 0 Å². The average molecular weight is 276 g/mol. The maximum Gasteiger partial charge on any atom is 0.142 e. The Bertz CT molecular complexity index is 528. The van der Waals surface area contributed by atoms with Crippen molar-refractivity contribution in [3.8, 4) is 5.75 Å². The number of halogens is 1. The number of hydrogen-bond acceptors (Lipinski definition) is 2. The zero-order valence-electron chi connectivity index (χ0n) is 11.0. The number of hydrogen-bond donors (Lipinski definition) is 1. The molecule has 0 aromatic heterocycles. The van der Waals surface area contributed by atoms with Crippen LogP contribution < -0.4 is 10.1 Å². The molecule has 0 fully saturated rings. The van der Waals surface area contributed by atoms with Crippen molar-refractivity contribution in [1.29, 1.82) is 0 Å². The Labute approximate surface area is 119 Å². The highest BCUT2D eigenvalue weighted by molar-refractivity contribution is 6.31. The summed E-state index contributed by atoms with van der Waals surface area (Å²) in [6, 6.07) is 15.8. The van der Waals surface area contributed by atoms with Gasteiger partial charge in [-0.1, -0.05) is 48.9 Å². The van der Waals surface area contributed by atoms with Crippen LogP contribution in [0.2, 0.25) is 5.02 Å². The van der Waals surface area contributed by atoms with Gasteiger partial charge in [0.1, 0.15) is 5.75 Å². The molecular formula is C16H18ClNO. The van der Waals surface area contributed by atoms with E-state index < -0.39 is 0 Å². The van der Waals surface area contributed by atoms with Crippen LogP contribution in [0.3, 0.4) is 0 Å². The second-order valence-electron chi connectivity index (χ2n) is 4.29. The number of ether oxygens (including phenoxy) is 1. The highest BCUT2D eigenvalue weighted by atomic mass is 35.5. The van der Waals surface area contributed by atoms with Crippen molar-refractivity contribution in [3.63, 3.8) is 0 Å². The molecule has 0 saturated heterocycles. The standard InChI is InChI=1S/C16H18ClNO/c1-2-11-19-16-10-6-5-9-15(16)18-12-13-7-3-4-8-14(13)17/h3-10,18H,2,11-12H2,1H3. The number of rotatable bonds is 6. The van der Waals surface area contributed by atoms with Crippen LogP contribution in [-0.2, 0) is 6.54 Å². The topological polar surface area (TPSA) is 21.3 Å². The van der Waals surface area contributed by atoms with E-state index in [1.807, 2.05) is 48.5 Å². The summed E-state index contributed by atoms with van der Waals surface area (Å²) >= 11 is 6.14. The van der Waals surface area contributed by atoms with Crippen LogP contribution in [0.15, 0.2) is 48.5 Å². The predicted molar refractivity (Wildman–Crippen MR) is 81.0 cm³/mol. The summed E-state index contributed by atoms with van der Waals surface area (Å²) in [5.41, 5.74) is 2.07. The van der Waals surface area contributed by atoms with Gasteiger partial charge < -0.3 is 10.1 Å². The Hall–Kier alpha value is -1.67. The molecule has 3 heteroatoms. The van der Waals surface area contributed by atoms with Crippen molar-refractivity contribution < 1.29 is 4.74 Å². The van der Waals surface area contributed by atoms with Crippen LogP contribution in [0, 0.1) is 0 Å². The molecule has 0 heterocycles. The van der Waals surface area contributed by atoms with Crippen LogP contribution in [0.1, 0.15) is 18.9 Å². The lowest BCUT2D eigenvalue weighted by molar-refractivity contribution is 0.319. The van der Waals surface area contributed by atoms with Crippen molar-refractivity contribution >= 4 is 17.3 Å². The highest BCUT2D eigenvalue weighted by Crippen LogP contribution is 2.25. The van der Waals surface area contributed by atoms with Gasteiger partial charge in [-0.2, -0.15) is 0 Å². The summed E-state index contributed by atoms with van der Waals surface area (Å²) in [7, 11) is 0. The molecule has 2 nitrogen and oxygen atoms in total. The Morgan fingerprint density at radius 3 is 2.58 bits per heavy atom. The van der Waals surface area contributed by atoms with Gasteiger partial charge >= 0.3 is 0 Å². The zero-order chi connectivity index (χ0) is 13.5. The van der Waals surface area contributed by atoms with E-state index >= 15 is 0 Å². The van der Waals surface area contributed by atoms with Gasteiger partial charge in [0.15, 0.2) is 0 Å². The Morgan fingerprint density at radius 1 is 1.05 bits per heavy atom. The molecule has 0 aliphatic rings. The molecule has 0 bridgehead atoms. The first-order chi connectivity index (χ1) is 9.31. The summed E-state index contributed by atoms with van der Waals surface area (Å²) in [6.45, 7) is 3.51. The molecule has 2 rings (SSSR count). The van der Waals surface area contributed by atoms with Gasteiger partial charge in [-0.3, -0.25) is 0 Å². The largest absolute Gasteiger partial charge is 0.491 e. The Balaban J connectivity index is 2.05. The number of para-hydroxylation sites is 2. The zero-order valence-corrected chi connectivity index (χ0v) is 11.8. The monoisotopic (exact) mass is 275 g/mol. The molecule has 0 aliphatic carbocycles. The molecular weight excluding hydrogens is 258 g/mol. The van der Waals surface area contributed by atoms with Gasteiger partial charge in [-0.05, 0) is 30.2 Å². The van der Waals surface area contributed by atoms with Gasteiger partial charge in [0, 0.05) is 11.6 Å². The first kappa shape index (κ1) is 13.8. The van der Waals surface area contributed by atoms with Gasteiger partial charge in [-0.25, -0.2) is 0 Å². The first-order valence-electron chi connectivity index (χ1n) is 6.50. The minimum absolute atomic E-state index is 0.687. The number of nitrogens with one attached hydrogen (secondary N) is 1. The second kappa shape index (κ2) is 7.05. The molecule has 0 amide bonds. The molecule has 0 aliphatic heterocycles. The summed E-state index contributed by atoms with van der Waals surface area (Å²) < 4.78 is 5.71. The van der Waals surface area contributed by atoms with Gasteiger partial charge in [-0.15, -0.1) is 0 Å². The van der Waals surface area contributed by atoms with E-state index in [2.05, 4.69) is 12.2 Å². The van der Waals surface area contributed by atoms with Crippen molar-refractivity contribution in [3.05, 3.63) is 59.1 Å². The Morgan fingerprint density at radius 2 is 1.79 bits per heavy atom. The molecule has 0 atom stereocenters. The third-order valence-electron chi connectivity index (χ3n) is 2.78. The summed E-state index contributed by atoms with van der Waals surface area (Å²) in [6.07, 6.45) is 0.999. The molecule has 2 aromatic rings. The molecule has 19 heavy (non-hydrogen) atoms. The van der Waals surface area contributed by atoms with Gasteiger partial charge in [0.05, 0.1) is 12.3 Å². The molecule has 100 valence electrons. The van der Waals surface area contributed by atoms with E-state index in [0.29, 0.717) is 6.54 Å². The highest BCUT2D eigenvalue weighted by Gasteiger charge is 2.03. The van der Waals surface area contributed by atoms with Crippen LogP contribution in [0.25, 0.3) is 0 Å². The van der Waals surface area contributed by atoms with E-state index in [1.165, 1.54) is 0 Å². The van der Waals surface area contributed by atoms with Crippen LogP contribution in [0.4, 0.5) is 5.69 Å². The SMILES string of the molecule is CCCOc1ccccc1NCc1ccccc1Cl. The third-order valence-corrected chi connectivity index (χ3v) is 3.14. The van der Waals surface area contributed by atoms with Crippen molar-refractivity contribution in [2.75, 3.05) is 11.9 Å². The first-order valence-corrected chi connectivity index (χ1v) is 6.88. The fourth-order valence-electron chi connectivity index (χ4n) is 1.78. The Kier molecular flexibility index (Phi) is 5.10. The fraction of sp³-hybridized carbons (Fsp3) is 0.250. The number of benzene rings is 2. The smallest absolute Gasteiger partial charge is 0.142 e. The maximum absolute atomic E-state index is 6.14. The van der Waals surface area contributed by atoms with E-state index in [1.54, 1.807) is 0 Å².